The van der Waals surface area contributed by atoms with Crippen LogP contribution in [0.25, 0.3) is 0 Å². The summed E-state index contributed by atoms with van der Waals surface area (Å²) in [7, 11) is 0. The number of aryl methyl sites for hydroxylation is 1. The van der Waals surface area contributed by atoms with Gasteiger partial charge in [-0.05, 0) is 50.5 Å². The summed E-state index contributed by atoms with van der Waals surface area (Å²) in [6.07, 6.45) is 2.21. The van der Waals surface area contributed by atoms with Gasteiger partial charge in [0.05, 0.1) is 17.8 Å². The second kappa shape index (κ2) is 6.04. The number of rotatable bonds is 4. The van der Waals surface area contributed by atoms with Crippen LogP contribution in [-0.4, -0.2) is 24.7 Å². The Bertz CT molecular complexity index is 456. The quantitative estimate of drug-likeness (QED) is 0.569. The average molecular weight is 263 g/mol. The van der Waals surface area contributed by atoms with Crippen molar-refractivity contribution in [1.82, 2.24) is 5.32 Å². The molecule has 2 atom stereocenters. The molecule has 2 rings (SSSR count). The highest BCUT2D eigenvalue weighted by atomic mass is 16.5. The fraction of sp³-hybridized carbons (Fsp3) is 0.500. The Balaban J connectivity index is 2.01. The number of carbonyl (C=O) groups is 1. The number of amides is 1. The van der Waals surface area contributed by atoms with Crippen LogP contribution in [0.5, 0.6) is 0 Å². The average Bonchev–Trinajstić information content (AvgIpc) is 2.92. The molecule has 1 aliphatic heterocycles. The van der Waals surface area contributed by atoms with E-state index in [1.165, 1.54) is 0 Å². The van der Waals surface area contributed by atoms with Gasteiger partial charge in [-0.1, -0.05) is 0 Å². The van der Waals surface area contributed by atoms with Crippen molar-refractivity contribution < 1.29 is 9.53 Å². The first kappa shape index (κ1) is 13.8. The molecule has 0 spiro atoms. The van der Waals surface area contributed by atoms with Crippen molar-refractivity contribution in [2.75, 3.05) is 12.0 Å². The predicted octanol–water partition coefficient (Wildman–Crippen LogP) is 1.58. The van der Waals surface area contributed by atoms with E-state index in [1.807, 2.05) is 19.9 Å². The van der Waals surface area contributed by atoms with Gasteiger partial charge in [0.1, 0.15) is 0 Å². The Morgan fingerprint density at radius 1 is 1.53 bits per heavy atom. The van der Waals surface area contributed by atoms with Crippen LogP contribution < -0.4 is 16.6 Å². The van der Waals surface area contributed by atoms with E-state index in [1.54, 1.807) is 12.1 Å². The van der Waals surface area contributed by atoms with Crippen LogP contribution in [0.1, 0.15) is 35.7 Å². The zero-order chi connectivity index (χ0) is 13.8. The molecule has 19 heavy (non-hydrogen) atoms. The minimum absolute atomic E-state index is 0.0302. The van der Waals surface area contributed by atoms with Gasteiger partial charge in [-0.25, -0.2) is 0 Å². The lowest BCUT2D eigenvalue weighted by Crippen LogP contribution is -2.40. The summed E-state index contributed by atoms with van der Waals surface area (Å²) in [5, 5.41) is 2.99. The van der Waals surface area contributed by atoms with E-state index in [-0.39, 0.29) is 18.1 Å². The number of nitrogens with one attached hydrogen (secondary N) is 2. The van der Waals surface area contributed by atoms with Gasteiger partial charge < -0.3 is 15.5 Å². The molecule has 1 aromatic carbocycles. The largest absolute Gasteiger partial charge is 0.376 e. The number of benzene rings is 1. The molecule has 104 valence electrons. The lowest BCUT2D eigenvalue weighted by atomic mass is 10.1. The van der Waals surface area contributed by atoms with E-state index in [0.717, 1.165) is 30.7 Å². The van der Waals surface area contributed by atoms with Crippen molar-refractivity contribution in [3.8, 4) is 0 Å². The third-order valence-corrected chi connectivity index (χ3v) is 3.53. The van der Waals surface area contributed by atoms with Gasteiger partial charge in [-0.15, -0.1) is 0 Å². The van der Waals surface area contributed by atoms with Crippen LogP contribution in [0, 0.1) is 6.92 Å². The summed E-state index contributed by atoms with van der Waals surface area (Å²) in [5.74, 6) is 5.30. The normalized spacial score (nSPS) is 20.1. The van der Waals surface area contributed by atoms with E-state index in [2.05, 4.69) is 10.7 Å². The molecule has 4 N–H and O–H groups in total. The molecule has 1 aromatic rings. The maximum Gasteiger partial charge on any atom is 0.251 e. The van der Waals surface area contributed by atoms with E-state index in [0.29, 0.717) is 5.56 Å². The van der Waals surface area contributed by atoms with Crippen LogP contribution >= 0.6 is 0 Å². The van der Waals surface area contributed by atoms with Crippen LogP contribution in [0.3, 0.4) is 0 Å². The van der Waals surface area contributed by atoms with Crippen molar-refractivity contribution in [2.45, 2.75) is 38.8 Å². The standard InChI is InChI=1S/C14H21N3O2/c1-9-8-11(5-6-12(9)17-15)14(18)16-10(2)13-4-3-7-19-13/h5-6,8,10,13,17H,3-4,7,15H2,1-2H3,(H,16,18). The van der Waals surface area contributed by atoms with E-state index < -0.39 is 0 Å². The Kier molecular flexibility index (Phi) is 4.39. The summed E-state index contributed by atoms with van der Waals surface area (Å²) in [6, 6.07) is 5.43. The predicted molar refractivity (Wildman–Crippen MR) is 74.9 cm³/mol. The number of ether oxygens (including phenoxy) is 1. The molecular formula is C14H21N3O2. The Morgan fingerprint density at radius 2 is 2.32 bits per heavy atom. The maximum absolute atomic E-state index is 12.1. The third-order valence-electron chi connectivity index (χ3n) is 3.53. The lowest BCUT2D eigenvalue weighted by Gasteiger charge is -2.20. The lowest BCUT2D eigenvalue weighted by molar-refractivity contribution is 0.0712. The van der Waals surface area contributed by atoms with Crippen molar-refractivity contribution in [1.29, 1.82) is 0 Å². The third kappa shape index (κ3) is 3.24. The van der Waals surface area contributed by atoms with Gasteiger partial charge in [-0.3, -0.25) is 10.6 Å². The van der Waals surface area contributed by atoms with Crippen LogP contribution in [-0.2, 0) is 4.74 Å². The first-order valence-corrected chi connectivity index (χ1v) is 6.61. The Labute approximate surface area is 113 Å². The second-order valence-corrected chi connectivity index (χ2v) is 4.99. The molecule has 1 saturated heterocycles. The molecule has 0 bridgehead atoms. The first-order valence-electron chi connectivity index (χ1n) is 6.61. The molecule has 1 heterocycles. The second-order valence-electron chi connectivity index (χ2n) is 4.99. The highest BCUT2D eigenvalue weighted by molar-refractivity contribution is 5.95. The first-order chi connectivity index (χ1) is 9.11. The van der Waals surface area contributed by atoms with Crippen molar-refractivity contribution >= 4 is 11.6 Å². The number of hydrazine groups is 1. The van der Waals surface area contributed by atoms with Crippen molar-refractivity contribution in [3.63, 3.8) is 0 Å². The number of carbonyl (C=O) groups excluding carboxylic acids is 1. The molecule has 5 nitrogen and oxygen atoms in total. The minimum Gasteiger partial charge on any atom is -0.376 e. The van der Waals surface area contributed by atoms with Crippen LogP contribution in [0.15, 0.2) is 18.2 Å². The molecule has 0 aromatic heterocycles. The van der Waals surface area contributed by atoms with Gasteiger partial charge in [0, 0.05) is 12.2 Å². The molecule has 5 heteroatoms. The molecule has 0 saturated carbocycles. The highest BCUT2D eigenvalue weighted by Gasteiger charge is 2.24. The monoisotopic (exact) mass is 263 g/mol. The summed E-state index contributed by atoms with van der Waals surface area (Å²) in [4.78, 5) is 12.1. The Hall–Kier alpha value is -1.59. The van der Waals surface area contributed by atoms with Gasteiger partial charge in [-0.2, -0.15) is 0 Å². The van der Waals surface area contributed by atoms with Crippen LogP contribution in [0.2, 0.25) is 0 Å². The number of hydrogen-bond acceptors (Lipinski definition) is 4. The molecule has 1 aliphatic rings. The fourth-order valence-corrected chi connectivity index (χ4v) is 2.35. The van der Waals surface area contributed by atoms with Crippen LogP contribution in [0.4, 0.5) is 5.69 Å². The molecule has 0 aliphatic carbocycles. The molecule has 1 amide bonds. The molecule has 2 unspecified atom stereocenters. The highest BCUT2D eigenvalue weighted by Crippen LogP contribution is 2.17. The smallest absolute Gasteiger partial charge is 0.251 e. The minimum atomic E-state index is -0.0744. The molecule has 0 radical (unpaired) electrons. The molecular weight excluding hydrogens is 242 g/mol. The van der Waals surface area contributed by atoms with Crippen molar-refractivity contribution in [3.05, 3.63) is 29.3 Å². The summed E-state index contributed by atoms with van der Waals surface area (Å²) in [5.41, 5.74) is 5.00. The summed E-state index contributed by atoms with van der Waals surface area (Å²) in [6.45, 7) is 4.69. The van der Waals surface area contributed by atoms with E-state index in [9.17, 15) is 4.79 Å². The molecule has 1 fully saturated rings. The van der Waals surface area contributed by atoms with E-state index >= 15 is 0 Å². The van der Waals surface area contributed by atoms with Gasteiger partial charge in [0.25, 0.3) is 5.91 Å². The number of hydrogen-bond donors (Lipinski definition) is 3. The number of nitrogen functional groups attached to an aromatic ring is 1. The fourth-order valence-electron chi connectivity index (χ4n) is 2.35. The zero-order valence-corrected chi connectivity index (χ0v) is 11.4. The van der Waals surface area contributed by atoms with Gasteiger partial charge >= 0.3 is 0 Å². The maximum atomic E-state index is 12.1. The summed E-state index contributed by atoms with van der Waals surface area (Å²) < 4.78 is 5.57. The summed E-state index contributed by atoms with van der Waals surface area (Å²) >= 11 is 0. The van der Waals surface area contributed by atoms with Gasteiger partial charge in [0.2, 0.25) is 0 Å². The van der Waals surface area contributed by atoms with Gasteiger partial charge in [0.15, 0.2) is 0 Å². The zero-order valence-electron chi connectivity index (χ0n) is 11.4. The SMILES string of the molecule is Cc1cc(C(=O)NC(C)C2CCCO2)ccc1NN. The topological polar surface area (TPSA) is 76.4 Å². The van der Waals surface area contributed by atoms with E-state index in [4.69, 9.17) is 10.6 Å². The Morgan fingerprint density at radius 3 is 2.89 bits per heavy atom. The number of nitrogens with two attached hydrogens (primary N) is 1. The van der Waals surface area contributed by atoms with Crippen molar-refractivity contribution in [2.24, 2.45) is 5.84 Å². The number of anilines is 1.